The van der Waals surface area contributed by atoms with Crippen molar-refractivity contribution < 1.29 is 4.79 Å². The fraction of sp³-hybridized carbons (Fsp3) is 0.238. The fourth-order valence-corrected chi connectivity index (χ4v) is 3.82. The van der Waals surface area contributed by atoms with Crippen molar-refractivity contribution in [2.45, 2.75) is 18.9 Å². The summed E-state index contributed by atoms with van der Waals surface area (Å²) >= 11 is 12.7. The van der Waals surface area contributed by atoms with E-state index in [1.54, 1.807) is 17.0 Å². The monoisotopic (exact) mass is 416 g/mol. The first kappa shape index (κ1) is 20.2. The number of amidine groups is 1. The van der Waals surface area contributed by atoms with Crippen LogP contribution in [0.1, 0.15) is 18.4 Å². The van der Waals surface area contributed by atoms with E-state index in [0.29, 0.717) is 40.2 Å². The van der Waals surface area contributed by atoms with Gasteiger partial charge in [0.2, 0.25) is 5.91 Å². The van der Waals surface area contributed by atoms with Gasteiger partial charge in [-0.1, -0.05) is 48.0 Å². The lowest BCUT2D eigenvalue weighted by atomic mass is 10.0. The number of carbonyl (C=O) groups excluding carboxylic acids is 1. The van der Waals surface area contributed by atoms with Crippen molar-refractivity contribution in [1.29, 1.82) is 0 Å². The average molecular weight is 417 g/mol. The molecular weight excluding hydrogens is 395 g/mol. The van der Waals surface area contributed by atoms with E-state index in [4.69, 9.17) is 34.7 Å². The van der Waals surface area contributed by atoms with Crippen LogP contribution >= 0.6 is 23.2 Å². The van der Waals surface area contributed by atoms with Gasteiger partial charge >= 0.3 is 0 Å². The van der Waals surface area contributed by atoms with Crippen molar-refractivity contribution in [3.63, 3.8) is 0 Å². The van der Waals surface area contributed by atoms with Crippen molar-refractivity contribution in [1.82, 2.24) is 4.90 Å². The molecule has 2 aromatic rings. The molecule has 146 valence electrons. The number of nitrogens with zero attached hydrogens (tertiary/aromatic N) is 2. The van der Waals surface area contributed by atoms with E-state index >= 15 is 0 Å². The Kier molecular flexibility index (Phi) is 6.27. The Morgan fingerprint density at radius 2 is 1.82 bits per heavy atom. The Bertz CT molecular complexity index is 934. The minimum absolute atomic E-state index is 0.0349. The van der Waals surface area contributed by atoms with Crippen LogP contribution in [0, 0.1) is 0 Å². The largest absolute Gasteiger partial charge is 0.398 e. The van der Waals surface area contributed by atoms with Gasteiger partial charge in [0.15, 0.2) is 0 Å². The van der Waals surface area contributed by atoms with E-state index in [1.165, 1.54) is 6.08 Å². The summed E-state index contributed by atoms with van der Waals surface area (Å²) < 4.78 is 0. The topological polar surface area (TPSA) is 84.7 Å². The summed E-state index contributed by atoms with van der Waals surface area (Å²) in [7, 11) is 0. The summed E-state index contributed by atoms with van der Waals surface area (Å²) in [4.78, 5) is 18.1. The fourth-order valence-electron chi connectivity index (χ4n) is 3.31. The van der Waals surface area contributed by atoms with E-state index in [9.17, 15) is 4.79 Å². The number of nitrogen functional groups attached to an aromatic ring is 1. The van der Waals surface area contributed by atoms with Crippen LogP contribution in [0.4, 0.5) is 5.69 Å². The molecule has 1 fully saturated rings. The molecule has 4 N–H and O–H groups in total. The van der Waals surface area contributed by atoms with Crippen molar-refractivity contribution >= 4 is 40.6 Å². The van der Waals surface area contributed by atoms with Crippen LogP contribution in [0.15, 0.2) is 54.0 Å². The van der Waals surface area contributed by atoms with Crippen LogP contribution in [0.25, 0.3) is 11.1 Å². The third-order valence-electron chi connectivity index (χ3n) is 4.85. The quantitative estimate of drug-likeness (QED) is 0.340. The van der Waals surface area contributed by atoms with Gasteiger partial charge in [0, 0.05) is 40.5 Å². The number of piperidine rings is 1. The van der Waals surface area contributed by atoms with Crippen molar-refractivity contribution in [3.8, 4) is 11.1 Å². The van der Waals surface area contributed by atoms with Crippen molar-refractivity contribution in [3.05, 3.63) is 64.7 Å². The molecule has 1 heterocycles. The molecule has 28 heavy (non-hydrogen) atoms. The van der Waals surface area contributed by atoms with E-state index in [1.807, 2.05) is 24.3 Å². The van der Waals surface area contributed by atoms with Crippen LogP contribution in [0.2, 0.25) is 10.0 Å². The summed E-state index contributed by atoms with van der Waals surface area (Å²) in [5.74, 6) is 0.303. The zero-order valence-electron chi connectivity index (χ0n) is 15.4. The maximum atomic E-state index is 11.7. The minimum atomic E-state index is -0.0540. The van der Waals surface area contributed by atoms with E-state index < -0.39 is 0 Å². The number of carbonyl (C=O) groups is 1. The van der Waals surface area contributed by atoms with Gasteiger partial charge in [0.25, 0.3) is 0 Å². The van der Waals surface area contributed by atoms with Gasteiger partial charge in [-0.2, -0.15) is 0 Å². The summed E-state index contributed by atoms with van der Waals surface area (Å²) in [5.41, 5.74) is 15.1. The van der Waals surface area contributed by atoms with Gasteiger partial charge in [-0.25, -0.2) is 0 Å². The molecule has 7 heteroatoms. The van der Waals surface area contributed by atoms with Crippen LogP contribution in [0.5, 0.6) is 0 Å². The average Bonchev–Trinajstić information content (AvgIpc) is 2.68. The number of amides is 1. The smallest absolute Gasteiger partial charge is 0.245 e. The summed E-state index contributed by atoms with van der Waals surface area (Å²) in [6.07, 6.45) is 2.82. The standard InChI is InChI=1S/C21H22Cl2N4O/c1-2-20(28)27-9-7-13(8-10-27)26-21(25)16-11-15(18(23)12-19(16)24)14-5-3-4-6-17(14)22/h2-6,11-13H,1,7-10,24H2,(H2,25,26). The lowest BCUT2D eigenvalue weighted by Crippen LogP contribution is -2.39. The van der Waals surface area contributed by atoms with E-state index in [0.717, 1.165) is 24.0 Å². The van der Waals surface area contributed by atoms with Gasteiger partial charge in [-0.3, -0.25) is 9.79 Å². The molecular formula is C21H22Cl2N4O. The Labute approximate surface area is 174 Å². The first-order valence-corrected chi connectivity index (χ1v) is 9.75. The predicted molar refractivity (Wildman–Crippen MR) is 117 cm³/mol. The number of likely N-dealkylation sites (tertiary alicyclic amines) is 1. The first-order valence-electron chi connectivity index (χ1n) is 8.99. The number of anilines is 1. The highest BCUT2D eigenvalue weighted by Gasteiger charge is 2.22. The second-order valence-corrected chi connectivity index (χ2v) is 7.49. The highest BCUT2D eigenvalue weighted by molar-refractivity contribution is 6.37. The molecule has 1 aliphatic heterocycles. The van der Waals surface area contributed by atoms with Crippen LogP contribution < -0.4 is 11.5 Å². The third-order valence-corrected chi connectivity index (χ3v) is 5.49. The predicted octanol–water partition coefficient (Wildman–Crippen LogP) is 4.12. The molecule has 0 saturated carbocycles. The lowest BCUT2D eigenvalue weighted by Gasteiger charge is -2.29. The maximum absolute atomic E-state index is 11.7. The normalized spacial score (nSPS) is 15.5. The van der Waals surface area contributed by atoms with Gasteiger partial charge in [0.1, 0.15) is 5.84 Å². The Morgan fingerprint density at radius 1 is 1.14 bits per heavy atom. The minimum Gasteiger partial charge on any atom is -0.398 e. The number of rotatable bonds is 4. The van der Waals surface area contributed by atoms with Gasteiger partial charge in [-0.15, -0.1) is 0 Å². The van der Waals surface area contributed by atoms with Gasteiger partial charge in [0.05, 0.1) is 11.1 Å². The molecule has 0 atom stereocenters. The van der Waals surface area contributed by atoms with Crippen LogP contribution in [-0.4, -0.2) is 35.8 Å². The molecule has 0 spiro atoms. The van der Waals surface area contributed by atoms with Crippen LogP contribution in [-0.2, 0) is 4.79 Å². The molecule has 0 aliphatic carbocycles. The molecule has 1 aliphatic rings. The van der Waals surface area contributed by atoms with Gasteiger partial charge < -0.3 is 16.4 Å². The van der Waals surface area contributed by atoms with E-state index in [2.05, 4.69) is 11.6 Å². The summed E-state index contributed by atoms with van der Waals surface area (Å²) in [6.45, 7) is 4.79. The maximum Gasteiger partial charge on any atom is 0.245 e. The third kappa shape index (κ3) is 4.32. The first-order chi connectivity index (χ1) is 13.4. The molecule has 1 amide bonds. The molecule has 0 bridgehead atoms. The van der Waals surface area contributed by atoms with E-state index in [-0.39, 0.29) is 11.9 Å². The highest BCUT2D eigenvalue weighted by Crippen LogP contribution is 2.36. The SMILES string of the molecule is C=CC(=O)N1CCC(N=C(N)c2cc(-c3ccccc3Cl)c(Cl)cc2N)CC1. The number of aliphatic imine (C=N–C) groups is 1. The lowest BCUT2D eigenvalue weighted by molar-refractivity contribution is -0.126. The zero-order chi connectivity index (χ0) is 20.3. The number of hydrogen-bond acceptors (Lipinski definition) is 3. The molecule has 0 aromatic heterocycles. The second-order valence-electron chi connectivity index (χ2n) is 6.67. The highest BCUT2D eigenvalue weighted by atomic mass is 35.5. The van der Waals surface area contributed by atoms with Crippen LogP contribution in [0.3, 0.4) is 0 Å². The Hall–Kier alpha value is -2.50. The molecule has 0 radical (unpaired) electrons. The number of nitrogens with two attached hydrogens (primary N) is 2. The molecule has 5 nitrogen and oxygen atoms in total. The van der Waals surface area contributed by atoms with Gasteiger partial charge in [-0.05, 0) is 37.1 Å². The molecule has 3 rings (SSSR count). The number of hydrogen-bond donors (Lipinski definition) is 2. The zero-order valence-corrected chi connectivity index (χ0v) is 16.9. The molecule has 0 unspecified atom stereocenters. The number of halogens is 2. The Morgan fingerprint density at radius 3 is 2.46 bits per heavy atom. The molecule has 2 aromatic carbocycles. The Balaban J connectivity index is 1.86. The summed E-state index contributed by atoms with van der Waals surface area (Å²) in [5, 5.41) is 1.09. The summed E-state index contributed by atoms with van der Waals surface area (Å²) in [6, 6.07) is 11.0. The van der Waals surface area contributed by atoms with Crippen molar-refractivity contribution in [2.75, 3.05) is 18.8 Å². The molecule has 1 saturated heterocycles. The van der Waals surface area contributed by atoms with Crippen molar-refractivity contribution in [2.24, 2.45) is 10.7 Å². The second kappa shape index (κ2) is 8.67. The number of benzene rings is 2.